The van der Waals surface area contributed by atoms with E-state index in [1.807, 2.05) is 36.4 Å². The molecule has 0 unspecified atom stereocenters. The van der Waals surface area contributed by atoms with Gasteiger partial charge in [-0.2, -0.15) is 0 Å². The van der Waals surface area contributed by atoms with Gasteiger partial charge < -0.3 is 14.8 Å². The first kappa shape index (κ1) is 14.8. The standard InChI is InChI=1S/C17H18INO2/c18-14-8-4-5-9-15(14)21-17(13-6-2-1-3-7-13)16-12-19-10-11-20-16/h1-9,16-17,19H,10-12H2/t16-,17+/m1/s1/i18+4. The Kier molecular flexibility index (Phi) is 5.11. The summed E-state index contributed by atoms with van der Waals surface area (Å²) in [5.74, 6) is 0.904. The highest BCUT2D eigenvalue weighted by atomic mass is 131. The van der Waals surface area contributed by atoms with Crippen LogP contribution in [-0.4, -0.2) is 25.8 Å². The smallest absolute Gasteiger partial charge is 0.151 e. The maximum Gasteiger partial charge on any atom is 0.151 e. The average Bonchev–Trinajstić information content (AvgIpc) is 2.56. The van der Waals surface area contributed by atoms with Crippen LogP contribution in [0.25, 0.3) is 0 Å². The Morgan fingerprint density at radius 2 is 1.86 bits per heavy atom. The second-order valence-electron chi connectivity index (χ2n) is 4.99. The highest BCUT2D eigenvalue weighted by molar-refractivity contribution is 14.1. The molecule has 1 N–H and O–H groups in total. The minimum Gasteiger partial charge on any atom is -0.482 e. The lowest BCUT2D eigenvalue weighted by molar-refractivity contribution is -0.0435. The van der Waals surface area contributed by atoms with Crippen molar-refractivity contribution in [3.05, 3.63) is 63.7 Å². The largest absolute Gasteiger partial charge is 0.482 e. The molecule has 0 aliphatic carbocycles. The number of halogens is 1. The molecule has 1 fully saturated rings. The van der Waals surface area contributed by atoms with Gasteiger partial charge in [-0.1, -0.05) is 42.5 Å². The number of rotatable bonds is 4. The van der Waals surface area contributed by atoms with Gasteiger partial charge in [-0.05, 0) is 40.3 Å². The Balaban J connectivity index is 1.87. The summed E-state index contributed by atoms with van der Waals surface area (Å²) in [6.45, 7) is 2.44. The summed E-state index contributed by atoms with van der Waals surface area (Å²) >= 11 is 2.30. The van der Waals surface area contributed by atoms with Crippen LogP contribution in [0.3, 0.4) is 0 Å². The molecule has 21 heavy (non-hydrogen) atoms. The van der Waals surface area contributed by atoms with Crippen molar-refractivity contribution >= 4 is 22.6 Å². The molecule has 0 bridgehead atoms. The number of para-hydroxylation sites is 1. The molecule has 0 aromatic heterocycles. The lowest BCUT2D eigenvalue weighted by Crippen LogP contribution is -2.43. The normalized spacial score (nSPS) is 20.0. The average molecular weight is 399 g/mol. The molecule has 0 spiro atoms. The predicted octanol–water partition coefficient (Wildman–Crippen LogP) is 3.40. The zero-order valence-electron chi connectivity index (χ0n) is 11.7. The third-order valence-electron chi connectivity index (χ3n) is 3.51. The SMILES string of the molecule is [131I]c1ccccc1O[C@@H](c1ccccc1)[C@H]1CNCCO1. The fourth-order valence-corrected chi connectivity index (χ4v) is 2.97. The summed E-state index contributed by atoms with van der Waals surface area (Å²) in [6, 6.07) is 18.4. The first-order valence-electron chi connectivity index (χ1n) is 7.13. The summed E-state index contributed by atoms with van der Waals surface area (Å²) in [7, 11) is 0. The fraction of sp³-hybridized carbons (Fsp3) is 0.294. The number of nitrogens with one attached hydrogen (secondary N) is 1. The van der Waals surface area contributed by atoms with Gasteiger partial charge in [0.25, 0.3) is 0 Å². The fourth-order valence-electron chi connectivity index (χ4n) is 2.46. The van der Waals surface area contributed by atoms with Crippen LogP contribution in [0.1, 0.15) is 11.7 Å². The van der Waals surface area contributed by atoms with E-state index in [0.717, 1.165) is 34.6 Å². The summed E-state index contributed by atoms with van der Waals surface area (Å²) in [4.78, 5) is 0. The summed E-state index contributed by atoms with van der Waals surface area (Å²) in [5, 5.41) is 3.38. The Bertz CT molecular complexity index is 570. The van der Waals surface area contributed by atoms with Crippen molar-refractivity contribution in [3.8, 4) is 5.75 Å². The highest BCUT2D eigenvalue weighted by Crippen LogP contribution is 2.30. The van der Waals surface area contributed by atoms with Crippen LogP contribution in [0, 0.1) is 3.57 Å². The molecule has 1 aliphatic heterocycles. The van der Waals surface area contributed by atoms with Gasteiger partial charge in [-0.15, -0.1) is 0 Å². The van der Waals surface area contributed by atoms with E-state index in [9.17, 15) is 0 Å². The van der Waals surface area contributed by atoms with Gasteiger partial charge >= 0.3 is 0 Å². The maximum absolute atomic E-state index is 6.30. The van der Waals surface area contributed by atoms with Crippen LogP contribution < -0.4 is 10.1 Å². The molecule has 3 rings (SSSR count). The molecule has 110 valence electrons. The van der Waals surface area contributed by atoms with Crippen LogP contribution in [-0.2, 0) is 4.74 Å². The van der Waals surface area contributed by atoms with Gasteiger partial charge in [-0.3, -0.25) is 0 Å². The van der Waals surface area contributed by atoms with Crippen molar-refractivity contribution in [1.82, 2.24) is 5.32 Å². The zero-order valence-corrected chi connectivity index (χ0v) is 13.8. The van der Waals surface area contributed by atoms with Crippen molar-refractivity contribution < 1.29 is 9.47 Å². The molecule has 0 radical (unpaired) electrons. The number of hydrogen-bond acceptors (Lipinski definition) is 3. The Morgan fingerprint density at radius 1 is 1.10 bits per heavy atom. The van der Waals surface area contributed by atoms with Gasteiger partial charge in [-0.25, -0.2) is 0 Å². The third-order valence-corrected chi connectivity index (χ3v) is 4.40. The maximum atomic E-state index is 6.30. The van der Waals surface area contributed by atoms with E-state index < -0.39 is 0 Å². The van der Waals surface area contributed by atoms with E-state index in [0.29, 0.717) is 0 Å². The van der Waals surface area contributed by atoms with Gasteiger partial charge in [0.1, 0.15) is 11.9 Å². The first-order chi connectivity index (χ1) is 10.3. The molecular formula is C17H18INO2. The van der Waals surface area contributed by atoms with Crippen molar-refractivity contribution in [2.45, 2.75) is 12.2 Å². The van der Waals surface area contributed by atoms with E-state index in [2.05, 4.69) is 46.1 Å². The minimum absolute atomic E-state index is 0.0251. The van der Waals surface area contributed by atoms with Crippen LogP contribution in [0.4, 0.5) is 0 Å². The van der Waals surface area contributed by atoms with Crippen molar-refractivity contribution in [1.29, 1.82) is 0 Å². The monoisotopic (exact) mass is 399 g/mol. The second kappa shape index (κ2) is 7.24. The number of morpholine rings is 1. The van der Waals surface area contributed by atoms with Crippen LogP contribution in [0.2, 0.25) is 0 Å². The molecule has 0 saturated carbocycles. The molecule has 1 heterocycles. The molecule has 1 saturated heterocycles. The van der Waals surface area contributed by atoms with Crippen molar-refractivity contribution in [3.63, 3.8) is 0 Å². The Hall–Kier alpha value is -1.11. The summed E-state index contributed by atoms with van der Waals surface area (Å²) in [5.41, 5.74) is 1.14. The van der Waals surface area contributed by atoms with E-state index >= 15 is 0 Å². The topological polar surface area (TPSA) is 30.5 Å². The molecule has 1 aliphatic rings. The van der Waals surface area contributed by atoms with Crippen LogP contribution in [0.15, 0.2) is 54.6 Å². The summed E-state index contributed by atoms with van der Waals surface area (Å²) in [6.07, 6.45) is -0.0768. The van der Waals surface area contributed by atoms with Gasteiger partial charge in [0.05, 0.1) is 10.2 Å². The van der Waals surface area contributed by atoms with E-state index in [-0.39, 0.29) is 12.2 Å². The Morgan fingerprint density at radius 3 is 2.57 bits per heavy atom. The first-order valence-corrected chi connectivity index (χ1v) is 8.21. The quantitative estimate of drug-likeness (QED) is 0.800. The van der Waals surface area contributed by atoms with Crippen molar-refractivity contribution in [2.75, 3.05) is 19.7 Å². The van der Waals surface area contributed by atoms with E-state index in [1.165, 1.54) is 0 Å². The lowest BCUT2D eigenvalue weighted by Gasteiger charge is -2.31. The summed E-state index contributed by atoms with van der Waals surface area (Å²) < 4.78 is 13.3. The number of hydrogen-bond donors (Lipinski definition) is 1. The molecule has 0 amide bonds. The molecular weight excluding hydrogens is 381 g/mol. The van der Waals surface area contributed by atoms with Crippen LogP contribution >= 0.6 is 22.6 Å². The molecule has 3 nitrogen and oxygen atoms in total. The molecule has 4 heteroatoms. The van der Waals surface area contributed by atoms with Gasteiger partial charge in [0.15, 0.2) is 6.10 Å². The van der Waals surface area contributed by atoms with Gasteiger partial charge in [0.2, 0.25) is 0 Å². The zero-order chi connectivity index (χ0) is 14.5. The lowest BCUT2D eigenvalue weighted by atomic mass is 10.0. The third kappa shape index (κ3) is 3.75. The number of benzene rings is 2. The predicted molar refractivity (Wildman–Crippen MR) is 91.6 cm³/mol. The van der Waals surface area contributed by atoms with Crippen molar-refractivity contribution in [2.24, 2.45) is 0 Å². The highest BCUT2D eigenvalue weighted by Gasteiger charge is 2.28. The molecule has 2 aromatic rings. The van der Waals surface area contributed by atoms with Gasteiger partial charge in [0, 0.05) is 13.1 Å². The minimum atomic E-state index is -0.102. The van der Waals surface area contributed by atoms with E-state index in [4.69, 9.17) is 9.47 Å². The molecule has 2 aromatic carbocycles. The molecule has 2 atom stereocenters. The second-order valence-corrected chi connectivity index (χ2v) is 6.16. The number of ether oxygens (including phenoxy) is 2. The van der Waals surface area contributed by atoms with Crippen LogP contribution in [0.5, 0.6) is 5.75 Å². The van der Waals surface area contributed by atoms with E-state index in [1.54, 1.807) is 0 Å². The Labute approximate surface area is 138 Å².